The van der Waals surface area contributed by atoms with Gasteiger partial charge in [0.15, 0.2) is 11.6 Å². The minimum Gasteiger partial charge on any atom is -0.355 e. The van der Waals surface area contributed by atoms with Gasteiger partial charge in [-0.1, -0.05) is 0 Å². The lowest BCUT2D eigenvalue weighted by Crippen LogP contribution is -2.16. The number of rotatable bonds is 3. The Bertz CT molecular complexity index is 113. The summed E-state index contributed by atoms with van der Waals surface area (Å²) in [6.07, 6.45) is 0. The summed E-state index contributed by atoms with van der Waals surface area (Å²) >= 11 is 0. The molecule has 8 heavy (non-hydrogen) atoms. The molecule has 0 aliphatic heterocycles. The molecule has 0 fully saturated rings. The Balaban J connectivity index is 3.49. The highest BCUT2D eigenvalue weighted by Gasteiger charge is 2.04. The molecule has 0 amide bonds. The van der Waals surface area contributed by atoms with Crippen molar-refractivity contribution in [1.82, 2.24) is 0 Å². The average molecular weight is 131 g/mol. The fourth-order valence-electron chi connectivity index (χ4n) is 0.307. The van der Waals surface area contributed by atoms with Crippen LogP contribution in [0.15, 0.2) is 0 Å². The molecule has 4 heteroatoms. The molecule has 0 saturated carbocycles. The highest BCUT2D eigenvalue weighted by Crippen LogP contribution is 1.79. The Hall–Kier alpha value is -0.483. The molecule has 3 nitrogen and oxygen atoms in total. The SMILES string of the molecule is CC(=O)C(=O)C[SiH2]N. The van der Waals surface area contributed by atoms with Crippen LogP contribution in [0.1, 0.15) is 6.92 Å². The zero-order chi connectivity index (χ0) is 6.57. The highest BCUT2D eigenvalue weighted by molar-refractivity contribution is 6.50. The van der Waals surface area contributed by atoms with Crippen LogP contribution in [-0.2, 0) is 9.59 Å². The lowest BCUT2D eigenvalue weighted by molar-refractivity contribution is -0.134. The van der Waals surface area contributed by atoms with E-state index >= 15 is 0 Å². The van der Waals surface area contributed by atoms with Crippen LogP contribution in [-0.4, -0.2) is 21.2 Å². The van der Waals surface area contributed by atoms with E-state index in [4.69, 9.17) is 5.40 Å². The van der Waals surface area contributed by atoms with Gasteiger partial charge in [0, 0.05) is 13.0 Å². The molecule has 0 heterocycles. The first-order valence-corrected chi connectivity index (χ1v) is 4.24. The molecule has 0 radical (unpaired) electrons. The maximum atomic E-state index is 10.3. The fourth-order valence-corrected chi connectivity index (χ4v) is 0.921. The van der Waals surface area contributed by atoms with Crippen molar-refractivity contribution < 1.29 is 9.59 Å². The molecular weight excluding hydrogens is 122 g/mol. The van der Waals surface area contributed by atoms with Crippen LogP contribution in [0.25, 0.3) is 0 Å². The van der Waals surface area contributed by atoms with Gasteiger partial charge in [0.2, 0.25) is 0 Å². The van der Waals surface area contributed by atoms with Gasteiger partial charge in [-0.3, -0.25) is 9.59 Å². The van der Waals surface area contributed by atoms with E-state index in [1.165, 1.54) is 6.92 Å². The number of nitrogens with two attached hydrogens (primary N) is 1. The maximum absolute atomic E-state index is 10.3. The number of carbonyl (C=O) groups is 2. The molecule has 0 saturated heterocycles. The second-order valence-electron chi connectivity index (χ2n) is 1.52. The van der Waals surface area contributed by atoms with Crippen molar-refractivity contribution in [2.24, 2.45) is 5.40 Å². The van der Waals surface area contributed by atoms with Gasteiger partial charge in [-0.15, -0.1) is 0 Å². The molecule has 0 spiro atoms. The smallest absolute Gasteiger partial charge is 0.196 e. The van der Waals surface area contributed by atoms with Gasteiger partial charge in [0.1, 0.15) is 0 Å². The Morgan fingerprint density at radius 2 is 2.12 bits per heavy atom. The van der Waals surface area contributed by atoms with E-state index in [0.717, 1.165) is 0 Å². The summed E-state index contributed by atoms with van der Waals surface area (Å²) in [6.45, 7) is 1.27. The number of carbonyl (C=O) groups excluding carboxylic acids is 2. The molecule has 0 aromatic heterocycles. The molecule has 46 valence electrons. The first-order chi connectivity index (χ1) is 3.68. The Labute approximate surface area is 50.2 Å². The molecule has 0 aromatic carbocycles. The second-order valence-corrected chi connectivity index (χ2v) is 2.60. The van der Waals surface area contributed by atoms with Gasteiger partial charge >= 0.3 is 0 Å². The van der Waals surface area contributed by atoms with Crippen molar-refractivity contribution in [3.63, 3.8) is 0 Å². The van der Waals surface area contributed by atoms with Gasteiger partial charge < -0.3 is 5.40 Å². The standard InChI is InChI=1S/C4H9NO2Si/c1-3(6)4(7)2-8-5/h2,5,8H2,1H3. The quantitative estimate of drug-likeness (QED) is 0.379. The topological polar surface area (TPSA) is 60.2 Å². The maximum Gasteiger partial charge on any atom is 0.196 e. The van der Waals surface area contributed by atoms with Crippen LogP contribution in [0.3, 0.4) is 0 Å². The van der Waals surface area contributed by atoms with Crippen LogP contribution < -0.4 is 5.40 Å². The van der Waals surface area contributed by atoms with Crippen LogP contribution in [0.5, 0.6) is 0 Å². The van der Waals surface area contributed by atoms with E-state index in [-0.39, 0.29) is 11.6 Å². The summed E-state index contributed by atoms with van der Waals surface area (Å²) in [5, 5.41) is 5.13. The summed E-state index contributed by atoms with van der Waals surface area (Å²) in [7, 11) is -0.747. The lowest BCUT2D eigenvalue weighted by atomic mass is 10.3. The molecule has 2 N–H and O–H groups in total. The first-order valence-electron chi connectivity index (χ1n) is 2.42. The Kier molecular flexibility index (Phi) is 3.30. The Morgan fingerprint density at radius 1 is 1.62 bits per heavy atom. The molecule has 0 atom stereocenters. The predicted molar refractivity (Wildman–Crippen MR) is 33.2 cm³/mol. The zero-order valence-electron chi connectivity index (χ0n) is 4.81. The first kappa shape index (κ1) is 7.52. The summed E-state index contributed by atoms with van der Waals surface area (Å²) < 4.78 is 0. The monoisotopic (exact) mass is 131 g/mol. The third-order valence-electron chi connectivity index (χ3n) is 0.764. The van der Waals surface area contributed by atoms with Crippen molar-refractivity contribution >= 4 is 21.2 Å². The Morgan fingerprint density at radius 3 is 2.25 bits per heavy atom. The number of Topliss-reactive ketones (excluding diaryl/α,β-unsaturated/α-hetero) is 2. The largest absolute Gasteiger partial charge is 0.355 e. The van der Waals surface area contributed by atoms with Crippen LogP contribution >= 0.6 is 0 Å². The molecule has 0 rings (SSSR count). The molecule has 0 aliphatic carbocycles. The zero-order valence-corrected chi connectivity index (χ0v) is 6.22. The van der Waals surface area contributed by atoms with Crippen LogP contribution in [0.4, 0.5) is 0 Å². The summed E-state index contributed by atoms with van der Waals surface area (Å²) in [4.78, 5) is 20.5. The van der Waals surface area contributed by atoms with Crippen molar-refractivity contribution in [2.45, 2.75) is 13.0 Å². The number of hydrogen-bond acceptors (Lipinski definition) is 3. The highest BCUT2D eigenvalue weighted by atomic mass is 28.2. The molecule has 0 aliphatic rings. The van der Waals surface area contributed by atoms with Crippen molar-refractivity contribution in [3.8, 4) is 0 Å². The van der Waals surface area contributed by atoms with E-state index in [9.17, 15) is 9.59 Å². The predicted octanol–water partition coefficient (Wildman–Crippen LogP) is -1.39. The summed E-state index contributed by atoms with van der Waals surface area (Å²) in [5.74, 6) is -0.692. The van der Waals surface area contributed by atoms with E-state index in [2.05, 4.69) is 0 Å². The second kappa shape index (κ2) is 3.51. The summed E-state index contributed by atoms with van der Waals surface area (Å²) in [5.41, 5.74) is 0. The molecule has 0 bridgehead atoms. The molecule has 0 aromatic rings. The van der Waals surface area contributed by atoms with Crippen molar-refractivity contribution in [3.05, 3.63) is 0 Å². The third kappa shape index (κ3) is 2.65. The summed E-state index contributed by atoms with van der Waals surface area (Å²) in [6, 6.07) is 0.315. The number of hydrogen-bond donors (Lipinski definition) is 1. The van der Waals surface area contributed by atoms with E-state index < -0.39 is 9.68 Å². The minimum atomic E-state index is -0.747. The van der Waals surface area contributed by atoms with Gasteiger partial charge in [-0.05, 0) is 0 Å². The molecular formula is C4H9NO2Si. The van der Waals surface area contributed by atoms with Crippen LogP contribution in [0, 0.1) is 0 Å². The molecule has 0 unspecified atom stereocenters. The minimum absolute atomic E-state index is 0.315. The van der Waals surface area contributed by atoms with E-state index in [0.29, 0.717) is 6.04 Å². The van der Waals surface area contributed by atoms with E-state index in [1.807, 2.05) is 0 Å². The number of ketones is 2. The van der Waals surface area contributed by atoms with Crippen molar-refractivity contribution in [2.75, 3.05) is 0 Å². The van der Waals surface area contributed by atoms with Crippen LogP contribution in [0.2, 0.25) is 6.04 Å². The average Bonchev–Trinajstić information content (AvgIpc) is 1.67. The van der Waals surface area contributed by atoms with Crippen molar-refractivity contribution in [1.29, 1.82) is 0 Å². The van der Waals surface area contributed by atoms with Gasteiger partial charge in [0.25, 0.3) is 0 Å². The normalized spacial score (nSPS) is 10.2. The van der Waals surface area contributed by atoms with Gasteiger partial charge in [-0.2, -0.15) is 0 Å². The van der Waals surface area contributed by atoms with Gasteiger partial charge in [-0.25, -0.2) is 0 Å². The fraction of sp³-hybridized carbons (Fsp3) is 0.500. The lowest BCUT2D eigenvalue weighted by Gasteiger charge is -1.86. The third-order valence-corrected chi connectivity index (χ3v) is 1.51. The van der Waals surface area contributed by atoms with Gasteiger partial charge in [0.05, 0.1) is 9.68 Å². The van der Waals surface area contributed by atoms with E-state index in [1.54, 1.807) is 0 Å².